The summed E-state index contributed by atoms with van der Waals surface area (Å²) >= 11 is 3.62. The summed E-state index contributed by atoms with van der Waals surface area (Å²) in [5.74, 6) is 2.35. The number of hydrogen-bond donors (Lipinski definition) is 1. The molecule has 0 atom stereocenters. The monoisotopic (exact) mass is 337 g/mol. The van der Waals surface area contributed by atoms with E-state index in [0.29, 0.717) is 5.82 Å². The first-order valence-corrected chi connectivity index (χ1v) is 7.50. The first-order chi connectivity index (χ1) is 9.34. The van der Waals surface area contributed by atoms with E-state index in [1.165, 1.54) is 0 Å². The van der Waals surface area contributed by atoms with Crippen LogP contribution in [0.3, 0.4) is 0 Å². The van der Waals surface area contributed by atoms with Gasteiger partial charge < -0.3 is 9.73 Å². The average Bonchev–Trinajstić information content (AvgIpc) is 2.77. The number of furan rings is 1. The number of nitrogens with one attached hydrogen (secondary N) is 1. The maximum atomic E-state index is 5.36. The quantitative estimate of drug-likeness (QED) is 0.893. The zero-order chi connectivity index (χ0) is 14.9. The Bertz CT molecular complexity index is 614. The lowest BCUT2D eigenvalue weighted by Gasteiger charge is -2.22. The molecule has 0 radical (unpaired) electrons. The highest BCUT2D eigenvalue weighted by atomic mass is 79.9. The van der Waals surface area contributed by atoms with Crippen LogP contribution >= 0.6 is 15.9 Å². The summed E-state index contributed by atoms with van der Waals surface area (Å²) in [6.45, 7) is 11.2. The van der Waals surface area contributed by atoms with Gasteiger partial charge >= 0.3 is 0 Å². The molecular formula is C15H20BrN3O. The van der Waals surface area contributed by atoms with Gasteiger partial charge in [0, 0.05) is 12.0 Å². The number of aryl methyl sites for hydroxylation is 1. The topological polar surface area (TPSA) is 51.0 Å². The summed E-state index contributed by atoms with van der Waals surface area (Å²) in [4.78, 5) is 9.34. The molecule has 0 fully saturated rings. The van der Waals surface area contributed by atoms with Crippen LogP contribution < -0.4 is 5.32 Å². The van der Waals surface area contributed by atoms with Crippen LogP contribution in [0.1, 0.15) is 39.1 Å². The van der Waals surface area contributed by atoms with Gasteiger partial charge in [-0.2, -0.15) is 0 Å². The highest BCUT2D eigenvalue weighted by Crippen LogP contribution is 2.35. The second-order valence-electron chi connectivity index (χ2n) is 5.73. The Kier molecular flexibility index (Phi) is 4.18. The fourth-order valence-electron chi connectivity index (χ4n) is 1.97. The Balaban J connectivity index is 2.65. The third-order valence-electron chi connectivity index (χ3n) is 3.01. The van der Waals surface area contributed by atoms with Crippen LogP contribution in [0.5, 0.6) is 0 Å². The molecule has 108 valence electrons. The van der Waals surface area contributed by atoms with E-state index >= 15 is 0 Å². The highest BCUT2D eigenvalue weighted by Gasteiger charge is 2.24. The Hall–Kier alpha value is -1.36. The van der Waals surface area contributed by atoms with Crippen molar-refractivity contribution in [2.45, 2.75) is 40.0 Å². The van der Waals surface area contributed by atoms with Crippen LogP contribution in [-0.2, 0) is 5.41 Å². The molecule has 2 rings (SSSR count). The fourth-order valence-corrected chi connectivity index (χ4v) is 2.88. The summed E-state index contributed by atoms with van der Waals surface area (Å²) in [5, 5.41) is 3.28. The number of aromatic nitrogens is 2. The first kappa shape index (κ1) is 15.0. The van der Waals surface area contributed by atoms with Gasteiger partial charge in [0.05, 0.1) is 22.0 Å². The molecule has 0 unspecified atom stereocenters. The van der Waals surface area contributed by atoms with Crippen LogP contribution in [0.25, 0.3) is 11.4 Å². The fraction of sp³-hybridized carbons (Fsp3) is 0.467. The van der Waals surface area contributed by atoms with Crippen LogP contribution in [-0.4, -0.2) is 16.5 Å². The minimum atomic E-state index is -0.0711. The lowest BCUT2D eigenvalue weighted by molar-refractivity contribution is 0.534. The van der Waals surface area contributed by atoms with E-state index < -0.39 is 0 Å². The predicted octanol–water partition coefficient (Wildman–Crippen LogP) is 4.54. The third kappa shape index (κ3) is 2.87. The Morgan fingerprint density at radius 1 is 1.30 bits per heavy atom. The minimum absolute atomic E-state index is 0.0711. The zero-order valence-corrected chi connectivity index (χ0v) is 14.1. The van der Waals surface area contributed by atoms with Gasteiger partial charge in [-0.25, -0.2) is 9.97 Å². The van der Waals surface area contributed by atoms with Gasteiger partial charge in [-0.3, -0.25) is 0 Å². The molecule has 2 aromatic rings. The number of nitrogens with zero attached hydrogens (tertiary/aromatic N) is 2. The maximum absolute atomic E-state index is 5.36. The van der Waals surface area contributed by atoms with Gasteiger partial charge in [-0.15, -0.1) is 0 Å². The van der Waals surface area contributed by atoms with E-state index in [9.17, 15) is 0 Å². The van der Waals surface area contributed by atoms with Crippen molar-refractivity contribution in [3.63, 3.8) is 0 Å². The van der Waals surface area contributed by atoms with Crippen molar-refractivity contribution in [2.75, 3.05) is 11.9 Å². The van der Waals surface area contributed by atoms with Gasteiger partial charge in [0.2, 0.25) is 0 Å². The molecule has 0 aliphatic rings. The SMILES string of the molecule is CCNc1nc(-c2ccoc2C)nc(C(C)(C)C)c1Br. The molecule has 0 saturated heterocycles. The molecule has 20 heavy (non-hydrogen) atoms. The molecule has 4 nitrogen and oxygen atoms in total. The minimum Gasteiger partial charge on any atom is -0.469 e. The van der Waals surface area contributed by atoms with E-state index in [0.717, 1.165) is 33.9 Å². The molecule has 0 aliphatic heterocycles. The van der Waals surface area contributed by atoms with E-state index in [1.807, 2.05) is 19.9 Å². The lowest BCUT2D eigenvalue weighted by atomic mass is 9.91. The smallest absolute Gasteiger partial charge is 0.165 e. The third-order valence-corrected chi connectivity index (χ3v) is 3.76. The van der Waals surface area contributed by atoms with Crippen molar-refractivity contribution in [1.82, 2.24) is 9.97 Å². The maximum Gasteiger partial charge on any atom is 0.165 e. The summed E-state index contributed by atoms with van der Waals surface area (Å²) in [5.41, 5.74) is 1.85. The van der Waals surface area contributed by atoms with Crippen molar-refractivity contribution in [2.24, 2.45) is 0 Å². The number of halogens is 1. The first-order valence-electron chi connectivity index (χ1n) is 6.71. The van der Waals surface area contributed by atoms with E-state index in [1.54, 1.807) is 6.26 Å². The lowest BCUT2D eigenvalue weighted by Crippen LogP contribution is -2.17. The van der Waals surface area contributed by atoms with Gasteiger partial charge in [0.1, 0.15) is 11.6 Å². The molecular weight excluding hydrogens is 318 g/mol. The molecule has 0 spiro atoms. The molecule has 2 heterocycles. The standard InChI is InChI=1S/C15H20BrN3O/c1-6-17-14-11(16)12(15(3,4)5)18-13(19-14)10-7-8-20-9(10)2/h7-8H,6H2,1-5H3,(H,17,18,19). The summed E-state index contributed by atoms with van der Waals surface area (Å²) in [6.07, 6.45) is 1.67. The van der Waals surface area contributed by atoms with E-state index in [-0.39, 0.29) is 5.41 Å². The molecule has 2 aromatic heterocycles. The van der Waals surface area contributed by atoms with E-state index in [4.69, 9.17) is 9.40 Å². The zero-order valence-electron chi connectivity index (χ0n) is 12.5. The summed E-state index contributed by atoms with van der Waals surface area (Å²) in [6, 6.07) is 1.90. The van der Waals surface area contributed by atoms with Crippen LogP contribution in [0.4, 0.5) is 5.82 Å². The molecule has 5 heteroatoms. The van der Waals surface area contributed by atoms with Gasteiger partial charge in [-0.05, 0) is 35.8 Å². The molecule has 0 aromatic carbocycles. The van der Waals surface area contributed by atoms with E-state index in [2.05, 4.69) is 47.0 Å². The Morgan fingerprint density at radius 3 is 2.50 bits per heavy atom. The van der Waals surface area contributed by atoms with Crippen LogP contribution in [0.15, 0.2) is 21.2 Å². The molecule has 1 N–H and O–H groups in total. The van der Waals surface area contributed by atoms with Crippen LogP contribution in [0.2, 0.25) is 0 Å². The summed E-state index contributed by atoms with van der Waals surface area (Å²) in [7, 11) is 0. The molecule has 0 aliphatic carbocycles. The highest BCUT2D eigenvalue weighted by molar-refractivity contribution is 9.10. The number of rotatable bonds is 3. The predicted molar refractivity (Wildman–Crippen MR) is 85.0 cm³/mol. The average molecular weight is 338 g/mol. The van der Waals surface area contributed by atoms with Crippen molar-refractivity contribution in [3.05, 3.63) is 28.3 Å². The molecule has 0 amide bonds. The van der Waals surface area contributed by atoms with Crippen molar-refractivity contribution >= 4 is 21.7 Å². The molecule has 0 saturated carbocycles. The Labute approximate surface area is 128 Å². The summed E-state index contributed by atoms with van der Waals surface area (Å²) < 4.78 is 6.29. The largest absolute Gasteiger partial charge is 0.469 e. The number of hydrogen-bond acceptors (Lipinski definition) is 4. The second-order valence-corrected chi connectivity index (χ2v) is 6.52. The van der Waals surface area contributed by atoms with Crippen LogP contribution in [0, 0.1) is 6.92 Å². The van der Waals surface area contributed by atoms with Gasteiger partial charge in [0.25, 0.3) is 0 Å². The second kappa shape index (κ2) is 5.56. The van der Waals surface area contributed by atoms with Crippen molar-refractivity contribution in [3.8, 4) is 11.4 Å². The normalized spacial score (nSPS) is 11.7. The van der Waals surface area contributed by atoms with Gasteiger partial charge in [0.15, 0.2) is 5.82 Å². The molecule has 0 bridgehead atoms. The number of anilines is 1. The Morgan fingerprint density at radius 2 is 2.00 bits per heavy atom. The van der Waals surface area contributed by atoms with Crippen molar-refractivity contribution in [1.29, 1.82) is 0 Å². The van der Waals surface area contributed by atoms with Gasteiger partial charge in [-0.1, -0.05) is 20.8 Å². The van der Waals surface area contributed by atoms with Crippen molar-refractivity contribution < 1.29 is 4.42 Å².